The fourth-order valence-corrected chi connectivity index (χ4v) is 1.44. The van der Waals surface area contributed by atoms with Crippen LogP contribution in [0.25, 0.3) is 0 Å². The Morgan fingerprint density at radius 3 is 2.93 bits per heavy atom. The lowest BCUT2D eigenvalue weighted by atomic mass is 10.2. The lowest BCUT2D eigenvalue weighted by molar-refractivity contribution is 0.190. The van der Waals surface area contributed by atoms with Crippen molar-refractivity contribution in [3.63, 3.8) is 0 Å². The first kappa shape index (κ1) is 11.3. The van der Waals surface area contributed by atoms with E-state index >= 15 is 0 Å². The molecule has 0 amide bonds. The fourth-order valence-electron chi connectivity index (χ4n) is 1.23. The van der Waals surface area contributed by atoms with Crippen LogP contribution in [0.2, 0.25) is 5.15 Å². The smallest absolute Gasteiger partial charge is 0.129 e. The van der Waals surface area contributed by atoms with Crippen LogP contribution in [0.5, 0.6) is 0 Å². The largest absolute Gasteiger partial charge is 0.383 e. The summed E-state index contributed by atoms with van der Waals surface area (Å²) in [6.07, 6.45) is 1.74. The van der Waals surface area contributed by atoms with Gasteiger partial charge < -0.3 is 10.1 Å². The molecule has 0 aliphatic heterocycles. The Bertz CT molecular complexity index is 304. The van der Waals surface area contributed by atoms with Crippen molar-refractivity contribution in [1.82, 2.24) is 4.98 Å². The van der Waals surface area contributed by atoms with Crippen molar-refractivity contribution in [3.8, 4) is 0 Å². The molecule has 0 spiro atoms. The van der Waals surface area contributed by atoms with Gasteiger partial charge in [0.25, 0.3) is 0 Å². The molecule has 4 heteroatoms. The Labute approximate surface area is 89.4 Å². The molecule has 3 nitrogen and oxygen atoms in total. The zero-order valence-corrected chi connectivity index (χ0v) is 9.43. The lowest BCUT2D eigenvalue weighted by Crippen LogP contribution is -2.21. The summed E-state index contributed by atoms with van der Waals surface area (Å²) in [5, 5.41) is 3.81. The molecule has 78 valence electrons. The van der Waals surface area contributed by atoms with Gasteiger partial charge in [0.1, 0.15) is 5.15 Å². The minimum atomic E-state index is 0.265. The van der Waals surface area contributed by atoms with E-state index in [1.807, 2.05) is 13.0 Å². The molecule has 0 bridgehead atoms. The summed E-state index contributed by atoms with van der Waals surface area (Å²) in [7, 11) is 1.69. The zero-order valence-electron chi connectivity index (χ0n) is 8.67. The third-order valence-corrected chi connectivity index (χ3v) is 2.10. The van der Waals surface area contributed by atoms with E-state index in [9.17, 15) is 0 Å². The molecule has 0 aromatic carbocycles. The summed E-state index contributed by atoms with van der Waals surface area (Å²) in [6, 6.07) is 2.10. The highest BCUT2D eigenvalue weighted by molar-refractivity contribution is 6.29. The predicted octanol–water partition coefficient (Wildman–Crippen LogP) is 2.49. The van der Waals surface area contributed by atoms with Crippen LogP contribution < -0.4 is 5.32 Å². The van der Waals surface area contributed by atoms with Gasteiger partial charge in [0.05, 0.1) is 18.5 Å². The number of anilines is 1. The van der Waals surface area contributed by atoms with Gasteiger partial charge in [0.2, 0.25) is 0 Å². The summed E-state index contributed by atoms with van der Waals surface area (Å²) < 4.78 is 5.03. The van der Waals surface area contributed by atoms with Crippen LogP contribution in [0.15, 0.2) is 12.3 Å². The first-order chi connectivity index (χ1) is 6.63. The van der Waals surface area contributed by atoms with E-state index < -0.39 is 0 Å². The van der Waals surface area contributed by atoms with Crippen molar-refractivity contribution in [3.05, 3.63) is 23.0 Å². The number of aromatic nitrogens is 1. The average molecular weight is 215 g/mol. The molecule has 0 fully saturated rings. The summed E-state index contributed by atoms with van der Waals surface area (Å²) in [5.74, 6) is 0. The second-order valence-corrected chi connectivity index (χ2v) is 3.71. The van der Waals surface area contributed by atoms with Gasteiger partial charge in [-0.05, 0) is 25.5 Å². The SMILES string of the molecule is COCC(C)Nc1cnc(Cl)cc1C. The maximum atomic E-state index is 5.75. The molecule has 0 aliphatic carbocycles. The Morgan fingerprint density at radius 1 is 1.64 bits per heavy atom. The summed E-state index contributed by atoms with van der Waals surface area (Å²) in [4.78, 5) is 4.02. The van der Waals surface area contributed by atoms with E-state index in [1.54, 1.807) is 13.3 Å². The normalized spacial score (nSPS) is 12.6. The van der Waals surface area contributed by atoms with Crippen molar-refractivity contribution >= 4 is 17.3 Å². The molecule has 1 aromatic heterocycles. The average Bonchev–Trinajstić information content (AvgIpc) is 2.10. The van der Waals surface area contributed by atoms with Crippen molar-refractivity contribution in [2.24, 2.45) is 0 Å². The molecule has 0 saturated heterocycles. The first-order valence-corrected chi connectivity index (χ1v) is 4.89. The van der Waals surface area contributed by atoms with E-state index in [2.05, 4.69) is 17.2 Å². The Morgan fingerprint density at radius 2 is 2.36 bits per heavy atom. The molecule has 0 aliphatic rings. The molecule has 1 atom stereocenters. The molecule has 0 saturated carbocycles. The topological polar surface area (TPSA) is 34.1 Å². The predicted molar refractivity (Wildman–Crippen MR) is 58.9 cm³/mol. The van der Waals surface area contributed by atoms with E-state index in [0.29, 0.717) is 11.8 Å². The third kappa shape index (κ3) is 3.16. The van der Waals surface area contributed by atoms with E-state index in [1.165, 1.54) is 0 Å². The summed E-state index contributed by atoms with van der Waals surface area (Å²) in [5.41, 5.74) is 2.09. The van der Waals surface area contributed by atoms with Gasteiger partial charge in [-0.1, -0.05) is 11.6 Å². The van der Waals surface area contributed by atoms with Gasteiger partial charge in [-0.3, -0.25) is 0 Å². The first-order valence-electron chi connectivity index (χ1n) is 4.51. The Hall–Kier alpha value is -0.800. The molecule has 0 radical (unpaired) electrons. The number of hydrogen-bond donors (Lipinski definition) is 1. The molecular weight excluding hydrogens is 200 g/mol. The Kier molecular flexibility index (Phi) is 4.17. The van der Waals surface area contributed by atoms with Crippen LogP contribution in [0.4, 0.5) is 5.69 Å². The van der Waals surface area contributed by atoms with Crippen molar-refractivity contribution in [1.29, 1.82) is 0 Å². The maximum absolute atomic E-state index is 5.75. The molecule has 14 heavy (non-hydrogen) atoms. The second-order valence-electron chi connectivity index (χ2n) is 3.32. The molecule has 1 rings (SSSR count). The highest BCUT2D eigenvalue weighted by Crippen LogP contribution is 2.17. The number of aryl methyl sites for hydroxylation is 1. The minimum Gasteiger partial charge on any atom is -0.383 e. The number of hydrogen-bond acceptors (Lipinski definition) is 3. The minimum absolute atomic E-state index is 0.265. The Balaban J connectivity index is 2.67. The van der Waals surface area contributed by atoms with Crippen LogP contribution in [0, 0.1) is 6.92 Å². The van der Waals surface area contributed by atoms with Gasteiger partial charge in [-0.2, -0.15) is 0 Å². The number of methoxy groups -OCH3 is 1. The summed E-state index contributed by atoms with van der Waals surface area (Å²) >= 11 is 5.75. The van der Waals surface area contributed by atoms with Gasteiger partial charge >= 0.3 is 0 Å². The second kappa shape index (κ2) is 5.17. The number of nitrogens with one attached hydrogen (secondary N) is 1. The van der Waals surface area contributed by atoms with Crippen molar-refractivity contribution < 1.29 is 4.74 Å². The number of rotatable bonds is 4. The summed E-state index contributed by atoms with van der Waals surface area (Å²) in [6.45, 7) is 4.72. The van der Waals surface area contributed by atoms with Crippen LogP contribution in [-0.4, -0.2) is 24.7 Å². The number of nitrogens with zero attached hydrogens (tertiary/aromatic N) is 1. The zero-order chi connectivity index (χ0) is 10.6. The standard InChI is InChI=1S/C10H15ClN2O/c1-7-4-10(11)12-5-9(7)13-8(2)6-14-3/h4-5,8,13H,6H2,1-3H3. The van der Waals surface area contributed by atoms with Crippen LogP contribution >= 0.6 is 11.6 Å². The number of halogens is 1. The molecule has 1 aromatic rings. The van der Waals surface area contributed by atoms with Crippen LogP contribution in [-0.2, 0) is 4.74 Å². The van der Waals surface area contributed by atoms with Gasteiger partial charge in [0.15, 0.2) is 0 Å². The lowest BCUT2D eigenvalue weighted by Gasteiger charge is -2.15. The van der Waals surface area contributed by atoms with E-state index in [4.69, 9.17) is 16.3 Å². The van der Waals surface area contributed by atoms with E-state index in [-0.39, 0.29) is 6.04 Å². The van der Waals surface area contributed by atoms with Crippen LogP contribution in [0.1, 0.15) is 12.5 Å². The highest BCUT2D eigenvalue weighted by Gasteiger charge is 2.04. The van der Waals surface area contributed by atoms with Crippen LogP contribution in [0.3, 0.4) is 0 Å². The van der Waals surface area contributed by atoms with Gasteiger partial charge in [0, 0.05) is 13.2 Å². The number of ether oxygens (including phenoxy) is 1. The molecule has 1 N–H and O–H groups in total. The van der Waals surface area contributed by atoms with Crippen molar-refractivity contribution in [2.45, 2.75) is 19.9 Å². The molecule has 1 unspecified atom stereocenters. The highest BCUT2D eigenvalue weighted by atomic mass is 35.5. The maximum Gasteiger partial charge on any atom is 0.129 e. The fraction of sp³-hybridized carbons (Fsp3) is 0.500. The monoisotopic (exact) mass is 214 g/mol. The molecule has 1 heterocycles. The van der Waals surface area contributed by atoms with Gasteiger partial charge in [-0.15, -0.1) is 0 Å². The third-order valence-electron chi connectivity index (χ3n) is 1.90. The number of pyridine rings is 1. The molecular formula is C10H15ClN2O. The quantitative estimate of drug-likeness (QED) is 0.782. The van der Waals surface area contributed by atoms with Gasteiger partial charge in [-0.25, -0.2) is 4.98 Å². The van der Waals surface area contributed by atoms with E-state index in [0.717, 1.165) is 11.3 Å². The van der Waals surface area contributed by atoms with Crippen molar-refractivity contribution in [2.75, 3.05) is 19.0 Å².